The Kier molecular flexibility index (Phi) is 6.12. The van der Waals surface area contributed by atoms with Gasteiger partial charge in [-0.1, -0.05) is 18.2 Å². The Hall–Kier alpha value is -2.18. The van der Waals surface area contributed by atoms with Gasteiger partial charge in [-0.3, -0.25) is 9.59 Å². The summed E-state index contributed by atoms with van der Waals surface area (Å²) < 4.78 is 0. The second kappa shape index (κ2) is 8.31. The van der Waals surface area contributed by atoms with Gasteiger partial charge in [0.15, 0.2) is 0 Å². The van der Waals surface area contributed by atoms with Crippen LogP contribution in [0.1, 0.15) is 25.6 Å². The van der Waals surface area contributed by atoms with Gasteiger partial charge in [0, 0.05) is 25.2 Å². The van der Waals surface area contributed by atoms with Crippen molar-refractivity contribution in [2.75, 3.05) is 20.1 Å². The zero-order valence-corrected chi connectivity index (χ0v) is 13.2. The van der Waals surface area contributed by atoms with Gasteiger partial charge in [-0.05, 0) is 36.2 Å². The lowest BCUT2D eigenvalue weighted by molar-refractivity contribution is 0.0945. The molecule has 5 nitrogen and oxygen atoms in total. The number of hydrogen-bond donors (Lipinski definition) is 3. The molecule has 0 aliphatic rings. The zero-order valence-electron chi connectivity index (χ0n) is 12.4. The van der Waals surface area contributed by atoms with Gasteiger partial charge in [-0.15, -0.1) is 11.3 Å². The minimum atomic E-state index is -0.0931. The van der Waals surface area contributed by atoms with E-state index in [0.29, 0.717) is 23.5 Å². The Labute approximate surface area is 133 Å². The summed E-state index contributed by atoms with van der Waals surface area (Å²) in [5.74, 6) is -0.173. The summed E-state index contributed by atoms with van der Waals surface area (Å²) in [5, 5.41) is 10.5. The third-order valence-corrected chi connectivity index (χ3v) is 3.94. The number of benzene rings is 1. The lowest BCUT2D eigenvalue weighted by atomic mass is 10.1. The fourth-order valence-electron chi connectivity index (χ4n) is 1.85. The number of carbonyl (C=O) groups excluding carboxylic acids is 2. The minimum Gasteiger partial charge on any atom is -0.351 e. The molecule has 0 bridgehead atoms. The fraction of sp³-hybridized carbons (Fsp3) is 0.250. The van der Waals surface area contributed by atoms with Gasteiger partial charge in [0.1, 0.15) is 0 Å². The maximum absolute atomic E-state index is 11.8. The molecule has 116 valence electrons. The lowest BCUT2D eigenvalue weighted by Gasteiger charge is -2.07. The molecule has 0 saturated heterocycles. The number of likely N-dealkylation sites (N-methyl/N-ethyl adjacent to an activating group) is 1. The van der Waals surface area contributed by atoms with Crippen molar-refractivity contribution in [3.05, 3.63) is 57.8 Å². The largest absolute Gasteiger partial charge is 0.351 e. The van der Waals surface area contributed by atoms with E-state index in [4.69, 9.17) is 0 Å². The Balaban J connectivity index is 1.84. The Morgan fingerprint density at radius 1 is 1.00 bits per heavy atom. The van der Waals surface area contributed by atoms with Crippen LogP contribution >= 0.6 is 11.3 Å². The summed E-state index contributed by atoms with van der Waals surface area (Å²) in [6, 6.07) is 10.9. The SMILES string of the molecule is CNCCNC(=O)c1ccc(CNC(=O)c2cccs2)cc1. The molecule has 2 rings (SSSR count). The standard InChI is InChI=1S/C16H19N3O2S/c1-17-8-9-18-15(20)13-6-4-12(5-7-13)11-19-16(21)14-3-2-10-22-14/h2-7,10,17H,8-9,11H2,1H3,(H,18,20)(H,19,21). The van der Waals surface area contributed by atoms with Gasteiger partial charge in [0.05, 0.1) is 4.88 Å². The Morgan fingerprint density at radius 3 is 2.41 bits per heavy atom. The number of amides is 2. The molecule has 1 aromatic carbocycles. The highest BCUT2D eigenvalue weighted by Gasteiger charge is 2.07. The van der Waals surface area contributed by atoms with Crippen LogP contribution in [0.2, 0.25) is 0 Å². The van der Waals surface area contributed by atoms with Crippen LogP contribution in [-0.2, 0) is 6.54 Å². The quantitative estimate of drug-likeness (QED) is 0.680. The van der Waals surface area contributed by atoms with Crippen LogP contribution < -0.4 is 16.0 Å². The molecular formula is C16H19N3O2S. The highest BCUT2D eigenvalue weighted by molar-refractivity contribution is 7.12. The highest BCUT2D eigenvalue weighted by Crippen LogP contribution is 2.09. The first kappa shape index (κ1) is 16.2. The van der Waals surface area contributed by atoms with Crippen LogP contribution in [0.3, 0.4) is 0 Å². The van der Waals surface area contributed by atoms with E-state index < -0.39 is 0 Å². The van der Waals surface area contributed by atoms with Crippen molar-refractivity contribution < 1.29 is 9.59 Å². The third-order valence-electron chi connectivity index (χ3n) is 3.07. The Morgan fingerprint density at radius 2 is 1.77 bits per heavy atom. The van der Waals surface area contributed by atoms with Crippen molar-refractivity contribution in [1.82, 2.24) is 16.0 Å². The molecule has 1 aromatic heterocycles. The van der Waals surface area contributed by atoms with Gasteiger partial charge >= 0.3 is 0 Å². The topological polar surface area (TPSA) is 70.2 Å². The molecule has 0 spiro atoms. The minimum absolute atomic E-state index is 0.0797. The maximum atomic E-state index is 11.8. The van der Waals surface area contributed by atoms with Gasteiger partial charge in [-0.2, -0.15) is 0 Å². The number of thiophene rings is 1. The molecule has 3 N–H and O–H groups in total. The van der Waals surface area contributed by atoms with E-state index in [1.54, 1.807) is 18.2 Å². The van der Waals surface area contributed by atoms with Crippen molar-refractivity contribution in [3.63, 3.8) is 0 Å². The first-order valence-corrected chi connectivity index (χ1v) is 7.92. The summed E-state index contributed by atoms with van der Waals surface area (Å²) in [5.41, 5.74) is 1.57. The van der Waals surface area contributed by atoms with Gasteiger partial charge in [0.2, 0.25) is 0 Å². The molecular weight excluding hydrogens is 298 g/mol. The van der Waals surface area contributed by atoms with Crippen LogP contribution in [0.5, 0.6) is 0 Å². The lowest BCUT2D eigenvalue weighted by Crippen LogP contribution is -2.30. The molecule has 6 heteroatoms. The van der Waals surface area contributed by atoms with E-state index >= 15 is 0 Å². The Bertz CT molecular complexity index is 609. The smallest absolute Gasteiger partial charge is 0.261 e. The predicted molar refractivity (Wildman–Crippen MR) is 88.2 cm³/mol. The monoisotopic (exact) mass is 317 g/mol. The van der Waals surface area contributed by atoms with Crippen LogP contribution in [0.25, 0.3) is 0 Å². The summed E-state index contributed by atoms with van der Waals surface area (Å²) in [4.78, 5) is 24.4. The van der Waals surface area contributed by atoms with Gasteiger partial charge in [0.25, 0.3) is 11.8 Å². The molecule has 0 aliphatic carbocycles. The average molecular weight is 317 g/mol. The van der Waals surface area contributed by atoms with Crippen molar-refractivity contribution >= 4 is 23.2 Å². The predicted octanol–water partition coefficient (Wildman–Crippen LogP) is 1.63. The maximum Gasteiger partial charge on any atom is 0.261 e. The van der Waals surface area contributed by atoms with Crippen molar-refractivity contribution in [1.29, 1.82) is 0 Å². The van der Waals surface area contributed by atoms with Crippen LogP contribution in [0.15, 0.2) is 41.8 Å². The van der Waals surface area contributed by atoms with Gasteiger partial charge < -0.3 is 16.0 Å². The van der Waals surface area contributed by atoms with E-state index in [1.165, 1.54) is 11.3 Å². The molecule has 1 heterocycles. The molecule has 0 unspecified atom stereocenters. The first-order chi connectivity index (χ1) is 10.7. The van der Waals surface area contributed by atoms with Crippen LogP contribution in [0.4, 0.5) is 0 Å². The van der Waals surface area contributed by atoms with E-state index in [1.807, 2.05) is 30.6 Å². The third kappa shape index (κ3) is 4.68. The van der Waals surface area contributed by atoms with Crippen molar-refractivity contribution in [2.45, 2.75) is 6.54 Å². The fourth-order valence-corrected chi connectivity index (χ4v) is 2.49. The summed E-state index contributed by atoms with van der Waals surface area (Å²) in [7, 11) is 1.84. The molecule has 2 amide bonds. The molecule has 22 heavy (non-hydrogen) atoms. The van der Waals surface area contributed by atoms with E-state index in [0.717, 1.165) is 12.1 Å². The highest BCUT2D eigenvalue weighted by atomic mass is 32.1. The van der Waals surface area contributed by atoms with E-state index in [2.05, 4.69) is 16.0 Å². The second-order valence-corrected chi connectivity index (χ2v) is 5.66. The number of nitrogens with one attached hydrogen (secondary N) is 3. The summed E-state index contributed by atoms with van der Waals surface area (Å²) >= 11 is 1.41. The van der Waals surface area contributed by atoms with Crippen molar-refractivity contribution in [3.8, 4) is 0 Å². The molecule has 2 aromatic rings. The van der Waals surface area contributed by atoms with E-state index in [9.17, 15) is 9.59 Å². The van der Waals surface area contributed by atoms with Crippen molar-refractivity contribution in [2.24, 2.45) is 0 Å². The zero-order chi connectivity index (χ0) is 15.8. The van der Waals surface area contributed by atoms with Crippen LogP contribution in [-0.4, -0.2) is 32.0 Å². The number of rotatable bonds is 7. The molecule has 0 aliphatic heterocycles. The second-order valence-electron chi connectivity index (χ2n) is 4.72. The molecule has 0 atom stereocenters. The van der Waals surface area contributed by atoms with E-state index in [-0.39, 0.29) is 11.8 Å². The molecule has 0 fully saturated rings. The average Bonchev–Trinajstić information content (AvgIpc) is 3.08. The number of carbonyl (C=O) groups is 2. The summed E-state index contributed by atoms with van der Waals surface area (Å²) in [6.45, 7) is 1.77. The van der Waals surface area contributed by atoms with Crippen LogP contribution in [0, 0.1) is 0 Å². The summed E-state index contributed by atoms with van der Waals surface area (Å²) in [6.07, 6.45) is 0. The first-order valence-electron chi connectivity index (χ1n) is 7.04. The normalized spacial score (nSPS) is 10.2. The molecule has 0 saturated carbocycles. The number of hydrogen-bond acceptors (Lipinski definition) is 4. The van der Waals surface area contributed by atoms with Gasteiger partial charge in [-0.25, -0.2) is 0 Å². The molecule has 0 radical (unpaired) electrons.